The van der Waals surface area contributed by atoms with E-state index in [9.17, 15) is 4.79 Å². The number of nitrogens with one attached hydrogen (secondary N) is 2. The first-order valence-corrected chi connectivity index (χ1v) is 7.29. The van der Waals surface area contributed by atoms with Crippen LogP contribution in [0.25, 0.3) is 0 Å². The van der Waals surface area contributed by atoms with Crippen LogP contribution in [0.1, 0.15) is 21.8 Å². The molecule has 0 spiro atoms. The molecular weight excluding hydrogens is 304 g/mol. The van der Waals surface area contributed by atoms with E-state index in [1.165, 1.54) is 0 Å². The van der Waals surface area contributed by atoms with Gasteiger partial charge in [-0.3, -0.25) is 9.78 Å². The lowest BCUT2D eigenvalue weighted by molar-refractivity contribution is 0.0943. The highest BCUT2D eigenvalue weighted by atomic mass is 16.3. The van der Waals surface area contributed by atoms with Crippen molar-refractivity contribution < 1.29 is 9.21 Å². The number of pyridine rings is 1. The number of amides is 1. The van der Waals surface area contributed by atoms with Crippen LogP contribution in [-0.4, -0.2) is 10.9 Å². The molecule has 0 aliphatic carbocycles. The summed E-state index contributed by atoms with van der Waals surface area (Å²) in [6.07, 6.45) is 3.09. The van der Waals surface area contributed by atoms with Crippen molar-refractivity contribution in [2.75, 3.05) is 5.32 Å². The van der Waals surface area contributed by atoms with Crippen LogP contribution in [0.4, 0.5) is 11.4 Å². The maximum atomic E-state index is 12.2. The fourth-order valence-corrected chi connectivity index (χ4v) is 2.15. The number of anilines is 2. The predicted octanol–water partition coefficient (Wildman–Crippen LogP) is 3.22. The Morgan fingerprint density at radius 1 is 1.21 bits per heavy atom. The molecule has 0 fully saturated rings. The summed E-state index contributed by atoms with van der Waals surface area (Å²) in [5.41, 5.74) is 2.16. The molecule has 0 saturated carbocycles. The highest BCUT2D eigenvalue weighted by Gasteiger charge is 2.09. The second kappa shape index (κ2) is 7.11. The third kappa shape index (κ3) is 3.59. The Morgan fingerprint density at radius 3 is 2.88 bits per heavy atom. The van der Waals surface area contributed by atoms with E-state index in [1.807, 2.05) is 6.07 Å². The van der Waals surface area contributed by atoms with E-state index < -0.39 is 0 Å². The first-order valence-electron chi connectivity index (χ1n) is 7.29. The van der Waals surface area contributed by atoms with Gasteiger partial charge in [-0.1, -0.05) is 12.1 Å². The molecule has 0 atom stereocenters. The number of aromatic nitrogens is 1. The van der Waals surface area contributed by atoms with Gasteiger partial charge >= 0.3 is 0 Å². The largest absolute Gasteiger partial charge is 0.467 e. The molecule has 3 rings (SSSR count). The van der Waals surface area contributed by atoms with Crippen LogP contribution < -0.4 is 10.6 Å². The summed E-state index contributed by atoms with van der Waals surface area (Å²) in [4.78, 5) is 16.2. The van der Waals surface area contributed by atoms with Gasteiger partial charge < -0.3 is 15.1 Å². The van der Waals surface area contributed by atoms with Gasteiger partial charge in [0.25, 0.3) is 5.91 Å². The Labute approximate surface area is 138 Å². The molecule has 3 aromatic rings. The van der Waals surface area contributed by atoms with E-state index >= 15 is 0 Å². The zero-order chi connectivity index (χ0) is 16.8. The molecule has 2 aromatic heterocycles. The molecule has 24 heavy (non-hydrogen) atoms. The molecule has 2 heterocycles. The zero-order valence-corrected chi connectivity index (χ0v) is 12.7. The molecule has 6 nitrogen and oxygen atoms in total. The summed E-state index contributed by atoms with van der Waals surface area (Å²) in [6.45, 7) is 0.294. The normalized spacial score (nSPS) is 9.96. The Morgan fingerprint density at radius 2 is 2.08 bits per heavy atom. The van der Waals surface area contributed by atoms with E-state index in [1.54, 1.807) is 54.9 Å². The Balaban J connectivity index is 1.72. The number of para-hydroxylation sites is 1. The van der Waals surface area contributed by atoms with Crippen LogP contribution in [0.5, 0.6) is 0 Å². The van der Waals surface area contributed by atoms with Crippen molar-refractivity contribution in [2.45, 2.75) is 6.54 Å². The van der Waals surface area contributed by atoms with Gasteiger partial charge in [-0.2, -0.15) is 5.26 Å². The van der Waals surface area contributed by atoms with E-state index in [0.717, 1.165) is 0 Å². The zero-order valence-electron chi connectivity index (χ0n) is 12.7. The van der Waals surface area contributed by atoms with Crippen LogP contribution >= 0.6 is 0 Å². The van der Waals surface area contributed by atoms with Crippen molar-refractivity contribution >= 4 is 17.3 Å². The van der Waals surface area contributed by atoms with Crippen LogP contribution in [0.15, 0.2) is 65.4 Å². The van der Waals surface area contributed by atoms with Gasteiger partial charge in [0.05, 0.1) is 24.1 Å². The summed E-state index contributed by atoms with van der Waals surface area (Å²) in [5.74, 6) is 0.365. The molecular formula is C18H14N4O2. The summed E-state index contributed by atoms with van der Waals surface area (Å²) < 4.78 is 5.17. The van der Waals surface area contributed by atoms with Crippen molar-refractivity contribution in [3.05, 3.63) is 78.0 Å². The van der Waals surface area contributed by atoms with Gasteiger partial charge in [0.1, 0.15) is 17.5 Å². The number of hydrogen-bond donors (Lipinski definition) is 2. The van der Waals surface area contributed by atoms with Gasteiger partial charge in [-0.15, -0.1) is 0 Å². The molecule has 118 valence electrons. The van der Waals surface area contributed by atoms with E-state index in [-0.39, 0.29) is 11.6 Å². The lowest BCUT2D eigenvalue weighted by Gasteiger charge is -2.09. The number of carbonyl (C=O) groups is 1. The SMILES string of the molecule is N#Cc1ccccc1Nc1ccnc(C(=O)NCc2ccco2)c1. The second-order valence-corrected chi connectivity index (χ2v) is 4.97. The molecule has 0 radical (unpaired) electrons. The lowest BCUT2D eigenvalue weighted by atomic mass is 10.2. The van der Waals surface area contributed by atoms with Crippen LogP contribution in [0, 0.1) is 11.3 Å². The number of benzene rings is 1. The minimum atomic E-state index is -0.302. The molecule has 6 heteroatoms. The molecule has 1 amide bonds. The van der Waals surface area contributed by atoms with Crippen molar-refractivity contribution in [3.8, 4) is 6.07 Å². The summed E-state index contributed by atoms with van der Waals surface area (Å²) >= 11 is 0. The average molecular weight is 318 g/mol. The smallest absolute Gasteiger partial charge is 0.270 e. The Bertz CT molecular complexity index is 882. The van der Waals surface area contributed by atoms with Crippen molar-refractivity contribution in [1.82, 2.24) is 10.3 Å². The molecule has 0 saturated heterocycles. The number of carbonyl (C=O) groups excluding carboxylic acids is 1. The van der Waals surface area contributed by atoms with Crippen molar-refractivity contribution in [3.63, 3.8) is 0 Å². The van der Waals surface area contributed by atoms with E-state index in [4.69, 9.17) is 9.68 Å². The number of hydrogen-bond acceptors (Lipinski definition) is 5. The molecule has 0 unspecified atom stereocenters. The maximum Gasteiger partial charge on any atom is 0.270 e. The molecule has 0 bridgehead atoms. The Kier molecular flexibility index (Phi) is 4.54. The first-order chi connectivity index (χ1) is 11.8. The van der Waals surface area contributed by atoms with Crippen LogP contribution in [-0.2, 0) is 6.54 Å². The minimum absolute atomic E-state index is 0.279. The van der Waals surface area contributed by atoms with Crippen LogP contribution in [0.3, 0.4) is 0 Å². The monoisotopic (exact) mass is 318 g/mol. The number of nitrogens with zero attached hydrogens (tertiary/aromatic N) is 2. The van der Waals surface area contributed by atoms with Gasteiger partial charge in [0.2, 0.25) is 0 Å². The standard InChI is InChI=1S/C18H14N4O2/c19-11-13-4-1-2-6-16(13)22-14-7-8-20-17(10-14)18(23)21-12-15-5-3-9-24-15/h1-10H,12H2,(H,20,22)(H,21,23). The van der Waals surface area contributed by atoms with E-state index in [2.05, 4.69) is 21.7 Å². The molecule has 0 aliphatic heterocycles. The summed E-state index contributed by atoms with van der Waals surface area (Å²) in [7, 11) is 0. The van der Waals surface area contributed by atoms with Gasteiger partial charge in [0, 0.05) is 11.9 Å². The molecule has 0 aliphatic rings. The average Bonchev–Trinajstić information content (AvgIpc) is 3.14. The number of rotatable bonds is 5. The third-order valence-corrected chi connectivity index (χ3v) is 3.32. The Hall–Kier alpha value is -3.59. The first kappa shape index (κ1) is 15.3. The number of nitriles is 1. The summed E-state index contributed by atoms with van der Waals surface area (Å²) in [6, 6.07) is 16.2. The lowest BCUT2D eigenvalue weighted by Crippen LogP contribution is -2.23. The summed E-state index contributed by atoms with van der Waals surface area (Å²) in [5, 5.41) is 15.0. The molecule has 1 aromatic carbocycles. The highest BCUT2D eigenvalue weighted by molar-refractivity contribution is 5.93. The maximum absolute atomic E-state index is 12.2. The highest BCUT2D eigenvalue weighted by Crippen LogP contribution is 2.20. The van der Waals surface area contributed by atoms with E-state index in [0.29, 0.717) is 29.2 Å². The van der Waals surface area contributed by atoms with Crippen LogP contribution in [0.2, 0.25) is 0 Å². The fourth-order valence-electron chi connectivity index (χ4n) is 2.15. The van der Waals surface area contributed by atoms with Gasteiger partial charge in [0.15, 0.2) is 0 Å². The topological polar surface area (TPSA) is 91.0 Å². The fraction of sp³-hybridized carbons (Fsp3) is 0.0556. The third-order valence-electron chi connectivity index (χ3n) is 3.32. The molecule has 2 N–H and O–H groups in total. The number of furan rings is 1. The predicted molar refractivity (Wildman–Crippen MR) is 88.6 cm³/mol. The van der Waals surface area contributed by atoms with Crippen molar-refractivity contribution in [1.29, 1.82) is 5.26 Å². The quantitative estimate of drug-likeness (QED) is 0.753. The minimum Gasteiger partial charge on any atom is -0.467 e. The van der Waals surface area contributed by atoms with Gasteiger partial charge in [-0.05, 0) is 36.4 Å². The van der Waals surface area contributed by atoms with Gasteiger partial charge in [-0.25, -0.2) is 0 Å². The second-order valence-electron chi connectivity index (χ2n) is 4.97. The van der Waals surface area contributed by atoms with Crippen molar-refractivity contribution in [2.24, 2.45) is 0 Å².